The van der Waals surface area contributed by atoms with E-state index in [1.54, 1.807) is 24.3 Å². The van der Waals surface area contributed by atoms with Gasteiger partial charge in [0.15, 0.2) is 5.92 Å². The predicted octanol–water partition coefficient (Wildman–Crippen LogP) is 1.32. The van der Waals surface area contributed by atoms with Gasteiger partial charge >= 0.3 is 17.9 Å². The van der Waals surface area contributed by atoms with Gasteiger partial charge < -0.3 is 19.5 Å². The molecular weight excluding hydrogens is 410 g/mol. The zero-order chi connectivity index (χ0) is 19.9. The second-order valence-corrected chi connectivity index (χ2v) is 6.28. The van der Waals surface area contributed by atoms with E-state index >= 15 is 0 Å². The summed E-state index contributed by atoms with van der Waals surface area (Å²) in [5.41, 5.74) is 0.285. The topological polar surface area (TPSA) is 108 Å². The summed E-state index contributed by atoms with van der Waals surface area (Å²) in [7, 11) is 3.36. The Morgan fingerprint density at radius 3 is 1.96 bits per heavy atom. The lowest BCUT2D eigenvalue weighted by atomic mass is 9.87. The normalized spacial score (nSPS) is 12.7. The summed E-state index contributed by atoms with van der Waals surface area (Å²) in [6.07, 6.45) is 0. The molecule has 8 nitrogen and oxygen atoms in total. The van der Waals surface area contributed by atoms with Gasteiger partial charge in [0, 0.05) is 16.0 Å². The molecule has 1 aromatic carbocycles. The molecule has 1 N–H and O–H groups in total. The number of amides is 1. The van der Waals surface area contributed by atoms with Crippen molar-refractivity contribution in [1.29, 1.82) is 0 Å². The molecule has 142 valence electrons. The predicted molar refractivity (Wildman–Crippen MR) is 94.1 cm³/mol. The maximum Gasteiger partial charge on any atom is 0.328 e. The highest BCUT2D eigenvalue weighted by Crippen LogP contribution is 2.21. The van der Waals surface area contributed by atoms with Crippen LogP contribution in [0.15, 0.2) is 28.7 Å². The van der Waals surface area contributed by atoms with Gasteiger partial charge in [-0.15, -0.1) is 0 Å². The largest absolute Gasteiger partial charge is 0.468 e. The summed E-state index contributed by atoms with van der Waals surface area (Å²) >= 11 is 3.25. The first-order valence-electron chi connectivity index (χ1n) is 7.56. The summed E-state index contributed by atoms with van der Waals surface area (Å²) < 4.78 is 14.6. The molecule has 0 aliphatic carbocycles. The van der Waals surface area contributed by atoms with Crippen molar-refractivity contribution in [2.45, 2.75) is 13.0 Å². The van der Waals surface area contributed by atoms with Gasteiger partial charge in [-0.05, 0) is 18.2 Å². The Bertz CT molecular complexity index is 675. The van der Waals surface area contributed by atoms with Crippen LogP contribution in [-0.4, -0.2) is 51.2 Å². The second-order valence-electron chi connectivity index (χ2n) is 5.37. The van der Waals surface area contributed by atoms with Crippen LogP contribution in [0, 0.1) is 11.8 Å². The van der Waals surface area contributed by atoms with Crippen LogP contribution < -0.4 is 5.32 Å². The molecule has 0 aromatic heterocycles. The molecule has 0 unspecified atom stereocenters. The van der Waals surface area contributed by atoms with Crippen molar-refractivity contribution < 1.29 is 33.4 Å². The smallest absolute Gasteiger partial charge is 0.328 e. The molecule has 0 aliphatic heterocycles. The number of esters is 3. The summed E-state index contributed by atoms with van der Waals surface area (Å²) in [6, 6.07) is 5.24. The van der Waals surface area contributed by atoms with E-state index in [1.807, 2.05) is 0 Å². The van der Waals surface area contributed by atoms with Crippen molar-refractivity contribution in [2.24, 2.45) is 11.8 Å². The quantitative estimate of drug-likeness (QED) is 0.395. The first kappa shape index (κ1) is 21.6. The summed E-state index contributed by atoms with van der Waals surface area (Å²) in [4.78, 5) is 48.6. The van der Waals surface area contributed by atoms with Crippen LogP contribution in [0.4, 0.5) is 0 Å². The van der Waals surface area contributed by atoms with Crippen molar-refractivity contribution >= 4 is 39.7 Å². The van der Waals surface area contributed by atoms with Crippen molar-refractivity contribution in [3.8, 4) is 0 Å². The minimum absolute atomic E-state index is 0.285. The highest BCUT2D eigenvalue weighted by atomic mass is 79.9. The van der Waals surface area contributed by atoms with Crippen LogP contribution in [0.2, 0.25) is 0 Å². The number of hydrogen-bond acceptors (Lipinski definition) is 7. The fourth-order valence-corrected chi connectivity index (χ4v) is 2.76. The first-order valence-corrected chi connectivity index (χ1v) is 8.36. The van der Waals surface area contributed by atoms with Crippen LogP contribution in [-0.2, 0) is 28.6 Å². The zero-order valence-corrected chi connectivity index (χ0v) is 16.4. The molecule has 1 amide bonds. The monoisotopic (exact) mass is 429 g/mol. The molecule has 1 rings (SSSR count). The fourth-order valence-electron chi connectivity index (χ4n) is 2.36. The standard InChI is InChI=1S/C17H20BrNO7/c1-9(12(15(21)24-2)16(22)25-3)13(17(23)26-4)19-14(20)10-6-5-7-11(18)8-10/h5-9,12-13H,1-4H3,(H,19,20)/t9-,13-/m1/s1. The average Bonchev–Trinajstić information content (AvgIpc) is 2.64. The van der Waals surface area contributed by atoms with Gasteiger partial charge in [-0.3, -0.25) is 14.4 Å². The molecular formula is C17H20BrNO7. The van der Waals surface area contributed by atoms with E-state index in [4.69, 9.17) is 4.74 Å². The molecule has 0 saturated carbocycles. The van der Waals surface area contributed by atoms with Crippen molar-refractivity contribution in [1.82, 2.24) is 5.32 Å². The van der Waals surface area contributed by atoms with Crippen molar-refractivity contribution in [3.05, 3.63) is 34.3 Å². The van der Waals surface area contributed by atoms with E-state index in [-0.39, 0.29) is 5.56 Å². The molecule has 1 aromatic rings. The van der Waals surface area contributed by atoms with Gasteiger partial charge in [0.25, 0.3) is 5.91 Å². The van der Waals surface area contributed by atoms with E-state index in [1.165, 1.54) is 6.92 Å². The first-order chi connectivity index (χ1) is 12.3. The highest BCUT2D eigenvalue weighted by Gasteiger charge is 2.42. The SMILES string of the molecule is COC(=O)C(C(=O)OC)[C@@H](C)[C@@H](NC(=O)c1cccc(Br)c1)C(=O)OC. The minimum atomic E-state index is -1.41. The van der Waals surface area contributed by atoms with Crippen LogP contribution in [0.1, 0.15) is 17.3 Å². The summed E-state index contributed by atoms with van der Waals surface area (Å²) in [5, 5.41) is 2.50. The van der Waals surface area contributed by atoms with Crippen molar-refractivity contribution in [3.63, 3.8) is 0 Å². The van der Waals surface area contributed by atoms with Gasteiger partial charge in [0.2, 0.25) is 0 Å². The Morgan fingerprint density at radius 2 is 1.50 bits per heavy atom. The number of hydrogen-bond donors (Lipinski definition) is 1. The summed E-state index contributed by atoms with van der Waals surface area (Å²) in [5.74, 6) is -5.51. The second kappa shape index (κ2) is 9.91. The number of ether oxygens (including phenoxy) is 3. The van der Waals surface area contributed by atoms with Gasteiger partial charge in [0.1, 0.15) is 6.04 Å². The number of carbonyl (C=O) groups is 4. The van der Waals surface area contributed by atoms with E-state index in [0.29, 0.717) is 4.47 Å². The number of nitrogens with one attached hydrogen (secondary N) is 1. The molecule has 2 atom stereocenters. The van der Waals surface area contributed by atoms with Crippen LogP contribution in [0.5, 0.6) is 0 Å². The van der Waals surface area contributed by atoms with Crippen LogP contribution in [0.25, 0.3) is 0 Å². The maximum absolute atomic E-state index is 12.5. The molecule has 0 aliphatic rings. The van der Waals surface area contributed by atoms with Crippen molar-refractivity contribution in [2.75, 3.05) is 21.3 Å². The number of carbonyl (C=O) groups excluding carboxylic acids is 4. The molecule has 0 spiro atoms. The Hall–Kier alpha value is -2.42. The Kier molecular flexibility index (Phi) is 8.24. The van der Waals surface area contributed by atoms with E-state index < -0.39 is 41.7 Å². The molecule has 0 fully saturated rings. The number of rotatable bonds is 7. The Morgan fingerprint density at radius 1 is 0.962 bits per heavy atom. The van der Waals surface area contributed by atoms with Crippen LogP contribution >= 0.6 is 15.9 Å². The zero-order valence-electron chi connectivity index (χ0n) is 14.8. The molecule has 0 saturated heterocycles. The van der Waals surface area contributed by atoms with E-state index in [2.05, 4.69) is 30.7 Å². The third-order valence-corrected chi connectivity index (χ3v) is 4.28. The Labute approximate surface area is 159 Å². The number of methoxy groups -OCH3 is 3. The third-order valence-electron chi connectivity index (χ3n) is 3.79. The van der Waals surface area contributed by atoms with Crippen LogP contribution in [0.3, 0.4) is 0 Å². The highest BCUT2D eigenvalue weighted by molar-refractivity contribution is 9.10. The fraction of sp³-hybridized carbons (Fsp3) is 0.412. The van der Waals surface area contributed by atoms with E-state index in [0.717, 1.165) is 21.3 Å². The van der Waals surface area contributed by atoms with E-state index in [9.17, 15) is 19.2 Å². The third kappa shape index (κ3) is 5.29. The lowest BCUT2D eigenvalue weighted by Gasteiger charge is -2.27. The Balaban J connectivity index is 3.15. The van der Waals surface area contributed by atoms with Gasteiger partial charge in [0.05, 0.1) is 21.3 Å². The minimum Gasteiger partial charge on any atom is -0.468 e. The van der Waals surface area contributed by atoms with Gasteiger partial charge in [-0.1, -0.05) is 28.9 Å². The van der Waals surface area contributed by atoms with Gasteiger partial charge in [-0.2, -0.15) is 0 Å². The number of halogens is 1. The lowest BCUT2D eigenvalue weighted by Crippen LogP contribution is -2.51. The molecule has 0 radical (unpaired) electrons. The maximum atomic E-state index is 12.5. The molecule has 26 heavy (non-hydrogen) atoms. The number of benzene rings is 1. The molecule has 0 bridgehead atoms. The van der Waals surface area contributed by atoms with Gasteiger partial charge in [-0.25, -0.2) is 4.79 Å². The summed E-state index contributed by atoms with van der Waals surface area (Å²) in [6.45, 7) is 1.45. The average molecular weight is 430 g/mol. The lowest BCUT2D eigenvalue weighted by molar-refractivity contribution is -0.162. The molecule has 0 heterocycles. The molecule has 9 heteroatoms.